The Morgan fingerprint density at radius 3 is 1.39 bits per heavy atom. The van der Waals surface area contributed by atoms with Crippen LogP contribution in [0.25, 0.3) is 0 Å². The van der Waals surface area contributed by atoms with Crippen molar-refractivity contribution in [1.82, 2.24) is 0 Å². The van der Waals surface area contributed by atoms with Gasteiger partial charge in [-0.3, -0.25) is 0 Å². The minimum Gasteiger partial charge on any atom is -0.408 e. The number of hydrogen-bond acceptors (Lipinski definition) is 6. The summed E-state index contributed by atoms with van der Waals surface area (Å²) < 4.78 is 33.8. The van der Waals surface area contributed by atoms with Crippen LogP contribution in [0.15, 0.2) is 12.7 Å². The zero-order valence-corrected chi connectivity index (χ0v) is 29.1. The van der Waals surface area contributed by atoms with Gasteiger partial charge in [-0.2, -0.15) is 0 Å². The van der Waals surface area contributed by atoms with E-state index in [0.29, 0.717) is 6.61 Å². The summed E-state index contributed by atoms with van der Waals surface area (Å²) in [5.74, 6) is 0. The zero-order chi connectivity index (χ0) is 28.5. The SMILES string of the molecule is C=CCO[C@H]1O[C@H](CO)[C@@H](O[Si](C)(C)C(C)(C)C)[C@H](O[Si](C)(C)C(C)(C)C)[C@@H]1O[Si](C)(C)C(C)(C)C. The van der Waals surface area contributed by atoms with Crippen LogP contribution in [-0.2, 0) is 22.8 Å². The Labute approximate surface area is 225 Å². The quantitative estimate of drug-likeness (QED) is 0.227. The van der Waals surface area contributed by atoms with Gasteiger partial charge >= 0.3 is 0 Å². The van der Waals surface area contributed by atoms with Gasteiger partial charge in [0.1, 0.15) is 24.4 Å². The molecule has 0 unspecified atom stereocenters. The van der Waals surface area contributed by atoms with E-state index in [-0.39, 0.29) is 21.7 Å². The highest BCUT2D eigenvalue weighted by atomic mass is 28.4. The number of hydrogen-bond donors (Lipinski definition) is 1. The van der Waals surface area contributed by atoms with E-state index < -0.39 is 55.7 Å². The normalized spacial score (nSPS) is 27.3. The van der Waals surface area contributed by atoms with Crippen LogP contribution < -0.4 is 0 Å². The van der Waals surface area contributed by atoms with Gasteiger partial charge in [0.15, 0.2) is 31.2 Å². The number of aliphatic hydroxyl groups is 1. The molecule has 0 radical (unpaired) electrons. The molecule has 1 aliphatic heterocycles. The van der Waals surface area contributed by atoms with Gasteiger partial charge in [-0.25, -0.2) is 0 Å². The van der Waals surface area contributed by atoms with Gasteiger partial charge in [0.2, 0.25) is 0 Å². The number of rotatable bonds is 10. The molecular weight excluding hydrogens is 505 g/mol. The Morgan fingerprint density at radius 1 is 0.694 bits per heavy atom. The molecule has 1 aliphatic rings. The van der Waals surface area contributed by atoms with Crippen LogP contribution in [-0.4, -0.2) is 74.0 Å². The van der Waals surface area contributed by atoms with Crippen molar-refractivity contribution < 1.29 is 27.9 Å². The summed E-state index contributed by atoms with van der Waals surface area (Å²) in [7, 11) is -6.76. The smallest absolute Gasteiger partial charge is 0.192 e. The molecule has 0 aromatic rings. The minimum absolute atomic E-state index is 0.0128. The van der Waals surface area contributed by atoms with Gasteiger partial charge in [-0.05, 0) is 54.4 Å². The predicted molar refractivity (Wildman–Crippen MR) is 158 cm³/mol. The van der Waals surface area contributed by atoms with Gasteiger partial charge in [-0.1, -0.05) is 68.4 Å². The molecule has 0 amide bonds. The molecule has 0 aliphatic carbocycles. The van der Waals surface area contributed by atoms with Crippen molar-refractivity contribution in [2.75, 3.05) is 13.2 Å². The summed E-state index contributed by atoms with van der Waals surface area (Å²) in [6, 6.07) is 0. The maximum absolute atomic E-state index is 10.5. The molecule has 1 saturated heterocycles. The first kappa shape index (κ1) is 34.2. The van der Waals surface area contributed by atoms with E-state index in [1.54, 1.807) is 6.08 Å². The third kappa shape index (κ3) is 8.08. The molecule has 0 spiro atoms. The molecule has 0 saturated carbocycles. The van der Waals surface area contributed by atoms with Crippen molar-refractivity contribution in [1.29, 1.82) is 0 Å². The second kappa shape index (κ2) is 11.7. The molecule has 36 heavy (non-hydrogen) atoms. The maximum Gasteiger partial charge on any atom is 0.192 e. The van der Waals surface area contributed by atoms with Crippen molar-refractivity contribution in [3.63, 3.8) is 0 Å². The first-order chi connectivity index (χ1) is 15.9. The standard InChI is InChI=1S/C27H58O6Si3/c1-17-18-29-24-23(33-36(15,16)27(8,9)10)22(32-35(13,14)26(5,6)7)21(20(19-28)30-24)31-34(11,12)25(2,3)4/h17,20-24,28H,1,18-19H2,2-16H3/t20-,21-,22+,23+,24+/m1/s1. The Kier molecular flexibility index (Phi) is 11.1. The number of aliphatic hydroxyl groups excluding tert-OH is 1. The van der Waals surface area contributed by atoms with E-state index in [0.717, 1.165) is 0 Å². The van der Waals surface area contributed by atoms with Crippen LogP contribution in [0.5, 0.6) is 0 Å². The van der Waals surface area contributed by atoms with Crippen molar-refractivity contribution >= 4 is 25.0 Å². The fourth-order valence-corrected chi connectivity index (χ4v) is 7.18. The Balaban J connectivity index is 3.73. The third-order valence-electron chi connectivity index (χ3n) is 8.86. The van der Waals surface area contributed by atoms with E-state index in [4.69, 9.17) is 22.8 Å². The average molecular weight is 563 g/mol. The molecule has 214 valence electrons. The highest BCUT2D eigenvalue weighted by molar-refractivity contribution is 6.75. The molecule has 0 aromatic carbocycles. The van der Waals surface area contributed by atoms with Gasteiger partial charge in [-0.15, -0.1) is 6.58 Å². The summed E-state index contributed by atoms with van der Waals surface area (Å²) in [5.41, 5.74) is 0. The van der Waals surface area contributed by atoms with E-state index >= 15 is 0 Å². The first-order valence-electron chi connectivity index (χ1n) is 13.4. The fraction of sp³-hybridized carbons (Fsp3) is 0.926. The average Bonchev–Trinajstić information content (AvgIpc) is 2.66. The van der Waals surface area contributed by atoms with Gasteiger partial charge < -0.3 is 27.9 Å². The highest BCUT2D eigenvalue weighted by Gasteiger charge is 2.56. The van der Waals surface area contributed by atoms with Gasteiger partial charge in [0, 0.05) is 0 Å². The molecule has 1 heterocycles. The van der Waals surface area contributed by atoms with Crippen LogP contribution in [0.4, 0.5) is 0 Å². The molecule has 5 atom stereocenters. The summed E-state index contributed by atoms with van der Waals surface area (Å²) in [6.07, 6.45) is -0.954. The maximum atomic E-state index is 10.5. The van der Waals surface area contributed by atoms with E-state index in [1.165, 1.54) is 0 Å². The molecule has 9 heteroatoms. The van der Waals surface area contributed by atoms with Crippen molar-refractivity contribution in [2.24, 2.45) is 0 Å². The molecule has 1 rings (SSSR count). The van der Waals surface area contributed by atoms with Crippen LogP contribution in [0.2, 0.25) is 54.4 Å². The third-order valence-corrected chi connectivity index (χ3v) is 22.3. The molecule has 0 aromatic heterocycles. The molecule has 1 fully saturated rings. The van der Waals surface area contributed by atoms with Crippen LogP contribution >= 0.6 is 0 Å². The highest BCUT2D eigenvalue weighted by Crippen LogP contribution is 2.45. The molecule has 0 bridgehead atoms. The van der Waals surface area contributed by atoms with Crippen molar-refractivity contribution in [2.45, 2.75) is 147 Å². The summed E-state index contributed by atoms with van der Waals surface area (Å²) in [6.45, 7) is 37.5. The summed E-state index contributed by atoms with van der Waals surface area (Å²) in [5, 5.41) is 10.4. The fourth-order valence-electron chi connectivity index (χ4n) is 3.28. The largest absolute Gasteiger partial charge is 0.408 e. The van der Waals surface area contributed by atoms with Gasteiger partial charge in [0.25, 0.3) is 0 Å². The second-order valence-corrected chi connectivity index (χ2v) is 29.1. The lowest BCUT2D eigenvalue weighted by atomic mass is 9.99. The zero-order valence-electron chi connectivity index (χ0n) is 26.1. The minimum atomic E-state index is -2.26. The van der Waals surface area contributed by atoms with E-state index in [2.05, 4.69) is 108 Å². The van der Waals surface area contributed by atoms with E-state index in [9.17, 15) is 5.11 Å². The Morgan fingerprint density at radius 2 is 1.06 bits per heavy atom. The number of ether oxygens (including phenoxy) is 2. The first-order valence-corrected chi connectivity index (χ1v) is 22.2. The van der Waals surface area contributed by atoms with Crippen LogP contribution in [0, 0.1) is 0 Å². The van der Waals surface area contributed by atoms with E-state index in [1.807, 2.05) is 0 Å². The topological polar surface area (TPSA) is 66.4 Å². The van der Waals surface area contributed by atoms with Crippen LogP contribution in [0.3, 0.4) is 0 Å². The predicted octanol–water partition coefficient (Wildman–Crippen LogP) is 7.08. The van der Waals surface area contributed by atoms with Crippen LogP contribution in [0.1, 0.15) is 62.3 Å². The monoisotopic (exact) mass is 562 g/mol. The molecular formula is C27H58O6Si3. The lowest BCUT2D eigenvalue weighted by Gasteiger charge is -2.54. The molecule has 6 nitrogen and oxygen atoms in total. The lowest BCUT2D eigenvalue weighted by Crippen LogP contribution is -2.68. The molecule has 1 N–H and O–H groups in total. The second-order valence-electron chi connectivity index (χ2n) is 14.9. The Hall–Kier alpha value is 0.151. The lowest BCUT2D eigenvalue weighted by molar-refractivity contribution is -0.289. The van der Waals surface area contributed by atoms with Gasteiger partial charge in [0.05, 0.1) is 13.2 Å². The Bertz CT molecular complexity index is 718. The van der Waals surface area contributed by atoms with Crippen molar-refractivity contribution in [3.8, 4) is 0 Å². The van der Waals surface area contributed by atoms with Crippen molar-refractivity contribution in [3.05, 3.63) is 12.7 Å². The summed E-state index contributed by atoms with van der Waals surface area (Å²) >= 11 is 0. The summed E-state index contributed by atoms with van der Waals surface area (Å²) in [4.78, 5) is 0.